The zero-order chi connectivity index (χ0) is 19.5. The van der Waals surface area contributed by atoms with Crippen LogP contribution >= 0.6 is 0 Å². The second-order valence-electron chi connectivity index (χ2n) is 7.45. The van der Waals surface area contributed by atoms with Crippen LogP contribution in [0.25, 0.3) is 0 Å². The maximum atomic E-state index is 12.6. The molecule has 0 spiro atoms. The SMILES string of the molecule is Cc1cc(CNC(=O)C2CC(=O)N(c3ccccc3)C2)nc(N2CCCC2)n1. The first-order valence-electron chi connectivity index (χ1n) is 9.83. The van der Waals surface area contributed by atoms with Crippen molar-refractivity contribution in [3.63, 3.8) is 0 Å². The first kappa shape index (κ1) is 18.4. The number of nitrogens with zero attached hydrogens (tertiary/aromatic N) is 4. The summed E-state index contributed by atoms with van der Waals surface area (Å²) in [5.74, 6) is 0.285. The first-order valence-corrected chi connectivity index (χ1v) is 9.83. The predicted octanol–water partition coefficient (Wildman–Crippen LogP) is 2.05. The van der Waals surface area contributed by atoms with Gasteiger partial charge in [-0.2, -0.15) is 0 Å². The van der Waals surface area contributed by atoms with Gasteiger partial charge in [0.2, 0.25) is 17.8 Å². The van der Waals surface area contributed by atoms with Crippen molar-refractivity contribution in [1.82, 2.24) is 15.3 Å². The molecule has 2 saturated heterocycles. The fraction of sp³-hybridized carbons (Fsp3) is 0.429. The van der Waals surface area contributed by atoms with E-state index in [0.717, 1.165) is 49.0 Å². The highest BCUT2D eigenvalue weighted by atomic mass is 16.2. The molecule has 3 heterocycles. The van der Waals surface area contributed by atoms with Gasteiger partial charge in [0.1, 0.15) is 0 Å². The van der Waals surface area contributed by atoms with Crippen LogP contribution in [-0.2, 0) is 16.1 Å². The lowest BCUT2D eigenvalue weighted by Crippen LogP contribution is -2.33. The van der Waals surface area contributed by atoms with Gasteiger partial charge in [-0.05, 0) is 38.0 Å². The average molecular weight is 379 g/mol. The molecule has 2 aromatic rings. The van der Waals surface area contributed by atoms with Crippen molar-refractivity contribution >= 4 is 23.5 Å². The van der Waals surface area contributed by atoms with Crippen LogP contribution in [0.15, 0.2) is 36.4 Å². The third-order valence-corrected chi connectivity index (χ3v) is 5.29. The normalized spacial score (nSPS) is 19.3. The Morgan fingerprint density at radius 1 is 1.18 bits per heavy atom. The zero-order valence-corrected chi connectivity index (χ0v) is 16.1. The molecule has 1 atom stereocenters. The number of anilines is 2. The van der Waals surface area contributed by atoms with Crippen molar-refractivity contribution < 1.29 is 9.59 Å². The van der Waals surface area contributed by atoms with Crippen LogP contribution in [0.5, 0.6) is 0 Å². The van der Waals surface area contributed by atoms with Crippen LogP contribution in [0.3, 0.4) is 0 Å². The summed E-state index contributed by atoms with van der Waals surface area (Å²) in [5.41, 5.74) is 2.53. The van der Waals surface area contributed by atoms with Gasteiger partial charge in [-0.25, -0.2) is 9.97 Å². The van der Waals surface area contributed by atoms with E-state index < -0.39 is 0 Å². The minimum Gasteiger partial charge on any atom is -0.350 e. The number of hydrogen-bond donors (Lipinski definition) is 1. The Labute approximate surface area is 164 Å². The van der Waals surface area contributed by atoms with Crippen molar-refractivity contribution in [1.29, 1.82) is 0 Å². The Hall–Kier alpha value is -2.96. The van der Waals surface area contributed by atoms with E-state index in [1.165, 1.54) is 0 Å². The fourth-order valence-electron chi connectivity index (χ4n) is 3.83. The Balaban J connectivity index is 1.38. The van der Waals surface area contributed by atoms with E-state index in [1.54, 1.807) is 4.90 Å². The van der Waals surface area contributed by atoms with E-state index in [9.17, 15) is 9.59 Å². The van der Waals surface area contributed by atoms with Crippen LogP contribution < -0.4 is 15.1 Å². The van der Waals surface area contributed by atoms with E-state index in [0.29, 0.717) is 13.1 Å². The van der Waals surface area contributed by atoms with Crippen LogP contribution in [0, 0.1) is 12.8 Å². The van der Waals surface area contributed by atoms with Gasteiger partial charge >= 0.3 is 0 Å². The summed E-state index contributed by atoms with van der Waals surface area (Å²) in [6.45, 7) is 4.67. The third-order valence-electron chi connectivity index (χ3n) is 5.29. The summed E-state index contributed by atoms with van der Waals surface area (Å²) >= 11 is 0. The summed E-state index contributed by atoms with van der Waals surface area (Å²) in [5, 5.41) is 2.95. The molecule has 0 saturated carbocycles. The monoisotopic (exact) mass is 379 g/mol. The van der Waals surface area contributed by atoms with Crippen LogP contribution in [-0.4, -0.2) is 41.4 Å². The third kappa shape index (κ3) is 3.98. The quantitative estimate of drug-likeness (QED) is 0.860. The standard InChI is InChI=1S/C21H25N5O2/c1-15-11-17(24-21(23-15)25-9-5-6-10-25)13-22-20(28)16-12-19(27)26(14-16)18-7-3-2-4-8-18/h2-4,7-8,11,16H,5-6,9-10,12-14H2,1H3,(H,22,28). The number of rotatable bonds is 5. The van der Waals surface area contributed by atoms with Gasteiger partial charge in [0.15, 0.2) is 0 Å². The first-order chi connectivity index (χ1) is 13.6. The minimum absolute atomic E-state index is 0.0134. The van der Waals surface area contributed by atoms with Crippen molar-refractivity contribution in [2.45, 2.75) is 32.7 Å². The molecule has 1 aromatic heterocycles. The molecule has 2 amide bonds. The second-order valence-corrected chi connectivity index (χ2v) is 7.45. The van der Waals surface area contributed by atoms with Gasteiger partial charge in [0, 0.05) is 37.4 Å². The number of benzene rings is 1. The summed E-state index contributed by atoms with van der Waals surface area (Å²) in [6, 6.07) is 11.4. The van der Waals surface area contributed by atoms with Gasteiger partial charge in [0.05, 0.1) is 18.2 Å². The largest absolute Gasteiger partial charge is 0.350 e. The molecule has 2 aliphatic heterocycles. The van der Waals surface area contributed by atoms with Gasteiger partial charge in [-0.1, -0.05) is 18.2 Å². The number of para-hydroxylation sites is 1. The Morgan fingerprint density at radius 3 is 2.68 bits per heavy atom. The molecule has 2 aliphatic rings. The van der Waals surface area contributed by atoms with Gasteiger partial charge < -0.3 is 15.1 Å². The van der Waals surface area contributed by atoms with Crippen molar-refractivity contribution in [2.75, 3.05) is 29.4 Å². The second kappa shape index (κ2) is 7.96. The number of nitrogens with one attached hydrogen (secondary N) is 1. The van der Waals surface area contributed by atoms with Crippen molar-refractivity contribution in [2.24, 2.45) is 5.92 Å². The van der Waals surface area contributed by atoms with E-state index in [4.69, 9.17) is 0 Å². The van der Waals surface area contributed by atoms with E-state index in [2.05, 4.69) is 20.2 Å². The lowest BCUT2D eigenvalue weighted by atomic mass is 10.1. The maximum absolute atomic E-state index is 12.6. The Bertz CT molecular complexity index is 864. The summed E-state index contributed by atoms with van der Waals surface area (Å²) in [6.07, 6.45) is 2.57. The van der Waals surface area contributed by atoms with E-state index >= 15 is 0 Å². The van der Waals surface area contributed by atoms with Crippen molar-refractivity contribution in [3.8, 4) is 0 Å². The maximum Gasteiger partial charge on any atom is 0.227 e. The van der Waals surface area contributed by atoms with Crippen molar-refractivity contribution in [3.05, 3.63) is 47.8 Å². The molecule has 1 N–H and O–H groups in total. The molecule has 1 unspecified atom stereocenters. The highest BCUT2D eigenvalue weighted by Gasteiger charge is 2.35. The number of carbonyl (C=O) groups is 2. The predicted molar refractivity (Wildman–Crippen MR) is 107 cm³/mol. The molecule has 7 heteroatoms. The molecule has 28 heavy (non-hydrogen) atoms. The molecule has 0 bridgehead atoms. The fourth-order valence-corrected chi connectivity index (χ4v) is 3.83. The number of carbonyl (C=O) groups excluding carboxylic acids is 2. The number of hydrogen-bond acceptors (Lipinski definition) is 5. The minimum atomic E-state index is -0.339. The highest BCUT2D eigenvalue weighted by Crippen LogP contribution is 2.25. The summed E-state index contributed by atoms with van der Waals surface area (Å²) in [7, 11) is 0. The molecule has 146 valence electrons. The topological polar surface area (TPSA) is 78.4 Å². The zero-order valence-electron chi connectivity index (χ0n) is 16.1. The molecule has 7 nitrogen and oxygen atoms in total. The Morgan fingerprint density at radius 2 is 1.93 bits per heavy atom. The average Bonchev–Trinajstić information content (AvgIpc) is 3.36. The lowest BCUT2D eigenvalue weighted by molar-refractivity contribution is -0.126. The molecular formula is C21H25N5O2. The van der Waals surface area contributed by atoms with Gasteiger partial charge in [0.25, 0.3) is 0 Å². The molecule has 0 aliphatic carbocycles. The summed E-state index contributed by atoms with van der Waals surface area (Å²) < 4.78 is 0. The summed E-state index contributed by atoms with van der Waals surface area (Å²) in [4.78, 5) is 38.0. The number of aromatic nitrogens is 2. The molecule has 1 aromatic carbocycles. The number of amides is 2. The van der Waals surface area contributed by atoms with Crippen LogP contribution in [0.4, 0.5) is 11.6 Å². The van der Waals surface area contributed by atoms with E-state index in [1.807, 2.05) is 43.3 Å². The molecule has 0 radical (unpaired) electrons. The molecule has 4 rings (SSSR count). The van der Waals surface area contributed by atoms with Crippen LogP contribution in [0.1, 0.15) is 30.7 Å². The Kier molecular flexibility index (Phi) is 5.23. The molecule has 2 fully saturated rings. The lowest BCUT2D eigenvalue weighted by Gasteiger charge is -2.17. The highest BCUT2D eigenvalue weighted by molar-refractivity contribution is 6.00. The van der Waals surface area contributed by atoms with Gasteiger partial charge in [-0.3, -0.25) is 9.59 Å². The smallest absolute Gasteiger partial charge is 0.227 e. The van der Waals surface area contributed by atoms with E-state index in [-0.39, 0.29) is 24.2 Å². The van der Waals surface area contributed by atoms with Crippen LogP contribution in [0.2, 0.25) is 0 Å². The molecular weight excluding hydrogens is 354 g/mol. The van der Waals surface area contributed by atoms with Gasteiger partial charge in [-0.15, -0.1) is 0 Å². The number of aryl methyl sites for hydroxylation is 1.